The topological polar surface area (TPSA) is 23.8 Å². The van der Waals surface area contributed by atoms with Crippen LogP contribution in [0.1, 0.15) is 16.7 Å². The fourth-order valence-electron chi connectivity index (χ4n) is 1.50. The molecule has 0 unspecified atom stereocenters. The third-order valence-electron chi connectivity index (χ3n) is 2.46. The maximum Gasteiger partial charge on any atom is 0.0995 e. The Hall–Kier alpha value is -1.33. The van der Waals surface area contributed by atoms with Crippen LogP contribution in [0.15, 0.2) is 17.5 Å². The second-order valence-electron chi connectivity index (χ2n) is 3.12. The van der Waals surface area contributed by atoms with Gasteiger partial charge in [0, 0.05) is 4.70 Å². The van der Waals surface area contributed by atoms with Crippen LogP contribution >= 0.6 is 11.3 Å². The fraction of sp³-hybridized carbons (Fsp3) is 0.182. The molecule has 0 aliphatic carbocycles. The van der Waals surface area contributed by atoms with Crippen LogP contribution in [-0.2, 0) is 0 Å². The zero-order valence-electron chi connectivity index (χ0n) is 7.59. The Morgan fingerprint density at radius 1 is 1.31 bits per heavy atom. The molecule has 2 rings (SSSR count). The first-order valence-corrected chi connectivity index (χ1v) is 4.99. The normalized spacial score (nSPS) is 10.2. The first-order valence-electron chi connectivity index (χ1n) is 4.11. The lowest BCUT2D eigenvalue weighted by atomic mass is 10.0. The van der Waals surface area contributed by atoms with E-state index in [1.807, 2.05) is 13.0 Å². The van der Waals surface area contributed by atoms with Crippen molar-refractivity contribution in [3.8, 4) is 6.07 Å². The van der Waals surface area contributed by atoms with E-state index in [4.69, 9.17) is 5.26 Å². The van der Waals surface area contributed by atoms with Gasteiger partial charge in [0.05, 0.1) is 11.6 Å². The molecule has 0 radical (unpaired) electrons. The number of aryl methyl sites for hydroxylation is 1. The van der Waals surface area contributed by atoms with Gasteiger partial charge in [0.2, 0.25) is 0 Å². The molecule has 2 heteroatoms. The van der Waals surface area contributed by atoms with Gasteiger partial charge in [-0.1, -0.05) is 0 Å². The van der Waals surface area contributed by atoms with Crippen molar-refractivity contribution in [3.05, 3.63) is 34.2 Å². The van der Waals surface area contributed by atoms with Gasteiger partial charge >= 0.3 is 0 Å². The predicted molar refractivity (Wildman–Crippen MR) is 56.0 cm³/mol. The summed E-state index contributed by atoms with van der Waals surface area (Å²) in [7, 11) is 0. The van der Waals surface area contributed by atoms with Crippen molar-refractivity contribution in [2.75, 3.05) is 0 Å². The number of hydrogen-bond donors (Lipinski definition) is 0. The molecular weight excluding hydrogens is 178 g/mol. The molecule has 0 N–H and O–H groups in total. The smallest absolute Gasteiger partial charge is 0.0995 e. The number of nitriles is 1. The largest absolute Gasteiger partial charge is 0.192 e. The number of thiophene rings is 1. The molecule has 0 aliphatic rings. The Morgan fingerprint density at radius 2 is 2.08 bits per heavy atom. The number of rotatable bonds is 0. The standard InChI is InChI=1S/C11H9NS/c1-7-8(2)10-3-4-13-11(10)5-9(7)6-12/h3-5H,1-2H3. The monoisotopic (exact) mass is 187 g/mol. The highest BCUT2D eigenvalue weighted by atomic mass is 32.1. The Morgan fingerprint density at radius 3 is 2.77 bits per heavy atom. The molecule has 0 saturated heterocycles. The number of fused-ring (bicyclic) bond motifs is 1. The molecule has 0 fully saturated rings. The highest BCUT2D eigenvalue weighted by Gasteiger charge is 2.06. The van der Waals surface area contributed by atoms with Gasteiger partial charge < -0.3 is 0 Å². The van der Waals surface area contributed by atoms with E-state index in [0.717, 1.165) is 11.1 Å². The zero-order chi connectivity index (χ0) is 9.42. The molecule has 1 heterocycles. The van der Waals surface area contributed by atoms with E-state index in [-0.39, 0.29) is 0 Å². The maximum absolute atomic E-state index is 8.89. The molecule has 2 aromatic rings. The minimum absolute atomic E-state index is 0.799. The first-order chi connectivity index (χ1) is 6.24. The van der Waals surface area contributed by atoms with Crippen molar-refractivity contribution in [2.24, 2.45) is 0 Å². The summed E-state index contributed by atoms with van der Waals surface area (Å²) < 4.78 is 1.21. The number of benzene rings is 1. The zero-order valence-corrected chi connectivity index (χ0v) is 8.40. The summed E-state index contributed by atoms with van der Waals surface area (Å²) in [6, 6.07) is 6.31. The van der Waals surface area contributed by atoms with Gasteiger partial charge in [0.25, 0.3) is 0 Å². The van der Waals surface area contributed by atoms with E-state index in [2.05, 4.69) is 24.4 Å². The summed E-state index contributed by atoms with van der Waals surface area (Å²) in [5, 5.41) is 12.2. The van der Waals surface area contributed by atoms with E-state index in [0.29, 0.717) is 0 Å². The molecule has 13 heavy (non-hydrogen) atoms. The third kappa shape index (κ3) is 1.13. The number of hydrogen-bond acceptors (Lipinski definition) is 2. The Kier molecular flexibility index (Phi) is 1.82. The third-order valence-corrected chi connectivity index (χ3v) is 3.33. The average Bonchev–Trinajstić information content (AvgIpc) is 2.59. The highest BCUT2D eigenvalue weighted by Crippen LogP contribution is 2.28. The van der Waals surface area contributed by atoms with Gasteiger partial charge in [-0.25, -0.2) is 0 Å². The van der Waals surface area contributed by atoms with Crippen LogP contribution in [0.25, 0.3) is 10.1 Å². The summed E-state index contributed by atoms with van der Waals surface area (Å²) in [5.41, 5.74) is 3.14. The number of nitrogens with zero attached hydrogens (tertiary/aromatic N) is 1. The van der Waals surface area contributed by atoms with Crippen LogP contribution in [-0.4, -0.2) is 0 Å². The molecular formula is C11H9NS. The van der Waals surface area contributed by atoms with Gasteiger partial charge in [0.15, 0.2) is 0 Å². The lowest BCUT2D eigenvalue weighted by Gasteiger charge is -2.03. The van der Waals surface area contributed by atoms with Crippen LogP contribution in [0.2, 0.25) is 0 Å². The summed E-state index contributed by atoms with van der Waals surface area (Å²) in [4.78, 5) is 0. The first kappa shape index (κ1) is 8.28. The molecule has 1 aromatic carbocycles. The minimum Gasteiger partial charge on any atom is -0.192 e. The minimum atomic E-state index is 0.799. The Bertz CT molecular complexity index is 503. The van der Waals surface area contributed by atoms with Crippen molar-refractivity contribution in [2.45, 2.75) is 13.8 Å². The van der Waals surface area contributed by atoms with Crippen LogP contribution in [0.4, 0.5) is 0 Å². The van der Waals surface area contributed by atoms with Gasteiger partial charge in [-0.05, 0) is 47.9 Å². The van der Waals surface area contributed by atoms with Crippen molar-refractivity contribution >= 4 is 21.4 Å². The van der Waals surface area contributed by atoms with Crippen molar-refractivity contribution in [3.63, 3.8) is 0 Å². The van der Waals surface area contributed by atoms with Crippen molar-refractivity contribution in [1.82, 2.24) is 0 Å². The van der Waals surface area contributed by atoms with E-state index in [9.17, 15) is 0 Å². The lowest BCUT2D eigenvalue weighted by molar-refractivity contribution is 1.34. The molecule has 64 valence electrons. The average molecular weight is 187 g/mol. The summed E-state index contributed by atoms with van der Waals surface area (Å²) in [5.74, 6) is 0. The van der Waals surface area contributed by atoms with Gasteiger partial charge in [-0.2, -0.15) is 5.26 Å². The van der Waals surface area contributed by atoms with Crippen molar-refractivity contribution < 1.29 is 0 Å². The Balaban J connectivity index is 2.94. The second kappa shape index (κ2) is 2.86. The molecule has 0 aliphatic heterocycles. The van der Waals surface area contributed by atoms with E-state index >= 15 is 0 Å². The molecule has 0 bridgehead atoms. The van der Waals surface area contributed by atoms with E-state index < -0.39 is 0 Å². The molecule has 0 amide bonds. The van der Waals surface area contributed by atoms with Crippen LogP contribution in [0.5, 0.6) is 0 Å². The molecule has 1 nitrogen and oxygen atoms in total. The second-order valence-corrected chi connectivity index (χ2v) is 4.07. The molecule has 0 spiro atoms. The molecule has 1 aromatic heterocycles. The summed E-state index contributed by atoms with van der Waals surface area (Å²) in [6.45, 7) is 4.08. The SMILES string of the molecule is Cc1c(C#N)cc2sccc2c1C. The summed E-state index contributed by atoms with van der Waals surface area (Å²) in [6.07, 6.45) is 0. The maximum atomic E-state index is 8.89. The fourth-order valence-corrected chi connectivity index (χ4v) is 2.39. The predicted octanol–water partition coefficient (Wildman–Crippen LogP) is 3.39. The molecule has 0 saturated carbocycles. The lowest BCUT2D eigenvalue weighted by Crippen LogP contribution is -1.86. The van der Waals surface area contributed by atoms with Gasteiger partial charge in [-0.3, -0.25) is 0 Å². The van der Waals surface area contributed by atoms with Crippen LogP contribution in [0.3, 0.4) is 0 Å². The van der Waals surface area contributed by atoms with Gasteiger partial charge in [0.1, 0.15) is 0 Å². The Labute approximate surface area is 81.2 Å². The van der Waals surface area contributed by atoms with Crippen molar-refractivity contribution in [1.29, 1.82) is 5.26 Å². The van der Waals surface area contributed by atoms with E-state index in [1.165, 1.54) is 15.6 Å². The van der Waals surface area contributed by atoms with Crippen LogP contribution in [0, 0.1) is 25.2 Å². The summed E-state index contributed by atoms with van der Waals surface area (Å²) >= 11 is 1.69. The van der Waals surface area contributed by atoms with Crippen LogP contribution < -0.4 is 0 Å². The van der Waals surface area contributed by atoms with E-state index in [1.54, 1.807) is 11.3 Å². The molecule has 0 atom stereocenters. The van der Waals surface area contributed by atoms with Gasteiger partial charge in [-0.15, -0.1) is 11.3 Å². The highest BCUT2D eigenvalue weighted by molar-refractivity contribution is 7.17. The quantitative estimate of drug-likeness (QED) is 0.620.